The number of hydrogen-bond acceptors (Lipinski definition) is 1. The number of benzene rings is 2. The molecule has 0 radical (unpaired) electrons. The third kappa shape index (κ3) is 4.79. The van der Waals surface area contributed by atoms with Crippen molar-refractivity contribution in [3.63, 3.8) is 0 Å². The zero-order chi connectivity index (χ0) is 17.8. The Labute approximate surface area is 151 Å². The second kappa shape index (κ2) is 7.96. The largest absolute Gasteiger partial charge is 0.326 e. The van der Waals surface area contributed by atoms with E-state index in [2.05, 4.69) is 5.32 Å². The summed E-state index contributed by atoms with van der Waals surface area (Å²) in [7, 11) is 0. The van der Waals surface area contributed by atoms with Crippen molar-refractivity contribution in [1.29, 1.82) is 0 Å². The molecule has 1 N–H and O–H groups in total. The number of halogens is 3. The zero-order valence-electron chi connectivity index (χ0n) is 13.8. The van der Waals surface area contributed by atoms with E-state index in [1.807, 2.05) is 0 Å². The highest BCUT2D eigenvalue weighted by molar-refractivity contribution is 6.30. The molecule has 3 rings (SSSR count). The molecule has 1 amide bonds. The predicted molar refractivity (Wildman–Crippen MR) is 95.8 cm³/mol. The summed E-state index contributed by atoms with van der Waals surface area (Å²) in [4.78, 5) is 12.1. The minimum Gasteiger partial charge on any atom is -0.326 e. The lowest BCUT2D eigenvalue weighted by atomic mass is 9.77. The van der Waals surface area contributed by atoms with Crippen molar-refractivity contribution in [3.05, 3.63) is 64.7 Å². The summed E-state index contributed by atoms with van der Waals surface area (Å²) in [6, 6.07) is 10.6. The first kappa shape index (κ1) is 17.9. The summed E-state index contributed by atoms with van der Waals surface area (Å²) >= 11 is 5.81. The van der Waals surface area contributed by atoms with Crippen LogP contribution in [0.4, 0.5) is 14.5 Å². The molecular formula is C20H20ClF2NO. The van der Waals surface area contributed by atoms with Crippen LogP contribution >= 0.6 is 11.6 Å². The Morgan fingerprint density at radius 1 is 1.04 bits per heavy atom. The molecule has 1 aliphatic rings. The average molecular weight is 364 g/mol. The van der Waals surface area contributed by atoms with Crippen LogP contribution in [0.15, 0.2) is 42.5 Å². The lowest BCUT2D eigenvalue weighted by molar-refractivity contribution is -0.117. The van der Waals surface area contributed by atoms with Gasteiger partial charge in [0.1, 0.15) is 11.6 Å². The van der Waals surface area contributed by atoms with E-state index in [1.54, 1.807) is 24.3 Å². The highest BCUT2D eigenvalue weighted by Crippen LogP contribution is 2.38. The molecule has 1 saturated carbocycles. The quantitative estimate of drug-likeness (QED) is 0.717. The van der Waals surface area contributed by atoms with Crippen LogP contribution < -0.4 is 5.32 Å². The Kier molecular flexibility index (Phi) is 5.69. The first-order valence-electron chi connectivity index (χ1n) is 8.51. The third-order valence-electron chi connectivity index (χ3n) is 4.85. The summed E-state index contributed by atoms with van der Waals surface area (Å²) in [5.41, 5.74) is 1.32. The van der Waals surface area contributed by atoms with Gasteiger partial charge in [-0.05, 0) is 79.5 Å². The van der Waals surface area contributed by atoms with E-state index in [9.17, 15) is 13.6 Å². The Balaban J connectivity index is 1.50. The van der Waals surface area contributed by atoms with Crippen LogP contribution in [0, 0.1) is 17.6 Å². The van der Waals surface area contributed by atoms with Gasteiger partial charge < -0.3 is 5.32 Å². The molecule has 0 aliphatic heterocycles. The molecule has 2 aromatic rings. The SMILES string of the molecule is O=C(C[C@H]1CC[C@H](c2ccc(Cl)cc2F)CC1)Nc1ccc(F)cc1. The Morgan fingerprint density at radius 3 is 2.36 bits per heavy atom. The third-order valence-corrected chi connectivity index (χ3v) is 5.09. The average Bonchev–Trinajstić information content (AvgIpc) is 2.58. The Bertz CT molecular complexity index is 740. The fourth-order valence-electron chi connectivity index (χ4n) is 3.52. The van der Waals surface area contributed by atoms with Crippen molar-refractivity contribution in [3.8, 4) is 0 Å². The molecule has 0 unspecified atom stereocenters. The second-order valence-electron chi connectivity index (χ2n) is 6.64. The molecule has 1 aliphatic carbocycles. The van der Waals surface area contributed by atoms with Gasteiger partial charge in [0.25, 0.3) is 0 Å². The molecule has 2 aromatic carbocycles. The predicted octanol–water partition coefficient (Wildman–Crippen LogP) is 5.92. The van der Waals surface area contributed by atoms with E-state index in [-0.39, 0.29) is 23.5 Å². The van der Waals surface area contributed by atoms with Crippen molar-refractivity contribution in [2.75, 3.05) is 5.32 Å². The van der Waals surface area contributed by atoms with Crippen LogP contribution in [0.3, 0.4) is 0 Å². The molecule has 2 nitrogen and oxygen atoms in total. The number of amides is 1. The number of rotatable bonds is 4. The zero-order valence-corrected chi connectivity index (χ0v) is 14.5. The van der Waals surface area contributed by atoms with E-state index in [0.717, 1.165) is 31.2 Å². The van der Waals surface area contributed by atoms with Gasteiger partial charge in [-0.3, -0.25) is 4.79 Å². The van der Waals surface area contributed by atoms with E-state index in [0.29, 0.717) is 23.0 Å². The van der Waals surface area contributed by atoms with Gasteiger partial charge in [0, 0.05) is 17.1 Å². The highest BCUT2D eigenvalue weighted by atomic mass is 35.5. The monoisotopic (exact) mass is 363 g/mol. The number of carbonyl (C=O) groups is 1. The lowest BCUT2D eigenvalue weighted by Gasteiger charge is -2.28. The molecule has 0 saturated heterocycles. The smallest absolute Gasteiger partial charge is 0.224 e. The van der Waals surface area contributed by atoms with Crippen molar-refractivity contribution in [2.45, 2.75) is 38.0 Å². The van der Waals surface area contributed by atoms with Gasteiger partial charge in [-0.2, -0.15) is 0 Å². The summed E-state index contributed by atoms with van der Waals surface area (Å²) in [6.45, 7) is 0. The van der Waals surface area contributed by atoms with Gasteiger partial charge in [-0.15, -0.1) is 0 Å². The minimum atomic E-state index is -0.328. The van der Waals surface area contributed by atoms with Crippen LogP contribution in [0.2, 0.25) is 5.02 Å². The van der Waals surface area contributed by atoms with Gasteiger partial charge >= 0.3 is 0 Å². The summed E-state index contributed by atoms with van der Waals surface area (Å²) < 4.78 is 26.9. The molecule has 0 atom stereocenters. The normalized spacial score (nSPS) is 20.3. The first-order valence-corrected chi connectivity index (χ1v) is 8.89. The maximum absolute atomic E-state index is 14.0. The van der Waals surface area contributed by atoms with Crippen molar-refractivity contribution < 1.29 is 13.6 Å². The lowest BCUT2D eigenvalue weighted by Crippen LogP contribution is -2.21. The molecule has 0 aromatic heterocycles. The standard InChI is InChI=1S/C20H20ClF2NO/c21-15-5-10-18(19(23)12-15)14-3-1-13(2-4-14)11-20(25)24-17-8-6-16(22)7-9-17/h5-10,12-14H,1-4,11H2,(H,24,25)/t13-,14-. The molecule has 0 spiro atoms. The molecule has 0 bridgehead atoms. The number of hydrogen-bond donors (Lipinski definition) is 1. The van der Waals surface area contributed by atoms with Crippen molar-refractivity contribution >= 4 is 23.2 Å². The topological polar surface area (TPSA) is 29.1 Å². The van der Waals surface area contributed by atoms with Crippen LogP contribution in [-0.4, -0.2) is 5.91 Å². The van der Waals surface area contributed by atoms with Crippen LogP contribution in [0.5, 0.6) is 0 Å². The number of nitrogens with one attached hydrogen (secondary N) is 1. The van der Waals surface area contributed by atoms with Crippen molar-refractivity contribution in [1.82, 2.24) is 0 Å². The first-order chi connectivity index (χ1) is 12.0. The summed E-state index contributed by atoms with van der Waals surface area (Å²) in [6.07, 6.45) is 3.96. The Morgan fingerprint density at radius 2 is 1.72 bits per heavy atom. The maximum atomic E-state index is 14.0. The summed E-state index contributed by atoms with van der Waals surface area (Å²) in [5, 5.41) is 3.20. The van der Waals surface area contributed by atoms with Gasteiger partial charge in [-0.1, -0.05) is 17.7 Å². The van der Waals surface area contributed by atoms with Crippen LogP contribution in [0.25, 0.3) is 0 Å². The minimum absolute atomic E-state index is 0.0623. The molecule has 132 valence electrons. The maximum Gasteiger partial charge on any atom is 0.224 e. The van der Waals surface area contributed by atoms with E-state index in [1.165, 1.54) is 18.2 Å². The van der Waals surface area contributed by atoms with E-state index in [4.69, 9.17) is 11.6 Å². The van der Waals surface area contributed by atoms with Gasteiger partial charge in [0.2, 0.25) is 5.91 Å². The highest BCUT2D eigenvalue weighted by Gasteiger charge is 2.25. The van der Waals surface area contributed by atoms with Gasteiger partial charge in [0.05, 0.1) is 0 Å². The number of carbonyl (C=O) groups excluding carboxylic acids is 1. The fraction of sp³-hybridized carbons (Fsp3) is 0.350. The summed E-state index contributed by atoms with van der Waals surface area (Å²) in [5.74, 6) is -0.149. The molecule has 1 fully saturated rings. The molecule has 0 heterocycles. The fourth-order valence-corrected chi connectivity index (χ4v) is 3.68. The van der Waals surface area contributed by atoms with Gasteiger partial charge in [0.15, 0.2) is 0 Å². The second-order valence-corrected chi connectivity index (χ2v) is 7.08. The van der Waals surface area contributed by atoms with Crippen molar-refractivity contribution in [2.24, 2.45) is 5.92 Å². The van der Waals surface area contributed by atoms with Crippen LogP contribution in [0.1, 0.15) is 43.6 Å². The Hall–Kier alpha value is -1.94. The van der Waals surface area contributed by atoms with E-state index < -0.39 is 0 Å². The molecule has 5 heteroatoms. The van der Waals surface area contributed by atoms with Crippen LogP contribution in [-0.2, 0) is 4.79 Å². The molecule has 25 heavy (non-hydrogen) atoms. The van der Waals surface area contributed by atoms with Gasteiger partial charge in [-0.25, -0.2) is 8.78 Å². The number of anilines is 1. The van der Waals surface area contributed by atoms with E-state index >= 15 is 0 Å². The molecular weight excluding hydrogens is 344 g/mol.